The van der Waals surface area contributed by atoms with E-state index in [-0.39, 0.29) is 5.82 Å². The van der Waals surface area contributed by atoms with E-state index in [9.17, 15) is 17.6 Å². The van der Waals surface area contributed by atoms with Crippen LogP contribution in [0.15, 0.2) is 60.8 Å². The van der Waals surface area contributed by atoms with Gasteiger partial charge in [0.05, 0.1) is 0 Å². The molecule has 0 amide bonds. The minimum atomic E-state index is -4.45. The molecule has 0 aliphatic rings. The number of alkyl halides is 3. The molecule has 0 radical (unpaired) electrons. The van der Waals surface area contributed by atoms with E-state index in [0.717, 1.165) is 22.8 Å². The van der Waals surface area contributed by atoms with Crippen molar-refractivity contribution < 1.29 is 17.6 Å². The predicted octanol–water partition coefficient (Wildman–Crippen LogP) is 6.14. The van der Waals surface area contributed by atoms with Crippen LogP contribution in [-0.2, 0) is 12.6 Å². The van der Waals surface area contributed by atoms with Crippen molar-refractivity contribution in [2.75, 3.05) is 0 Å². The summed E-state index contributed by atoms with van der Waals surface area (Å²) < 4.78 is 51.6. The Morgan fingerprint density at radius 2 is 1.36 bits per heavy atom. The van der Waals surface area contributed by atoms with Crippen molar-refractivity contribution in [1.82, 2.24) is 4.98 Å². The number of benzene rings is 2. The molecule has 0 saturated heterocycles. The highest BCUT2D eigenvalue weighted by Crippen LogP contribution is 2.30. The van der Waals surface area contributed by atoms with Crippen molar-refractivity contribution >= 4 is 0 Å². The van der Waals surface area contributed by atoms with Crippen LogP contribution in [0.4, 0.5) is 17.6 Å². The second kappa shape index (κ2) is 6.67. The van der Waals surface area contributed by atoms with Gasteiger partial charge in [-0.2, -0.15) is 13.2 Å². The minimum Gasteiger partial charge on any atom is -0.251 e. The number of nitrogens with zero attached hydrogens (tertiary/aromatic N) is 1. The highest BCUT2D eigenvalue weighted by molar-refractivity contribution is 5.70. The molecule has 0 saturated carbocycles. The molecule has 25 heavy (non-hydrogen) atoms. The molecule has 128 valence electrons. The van der Waals surface area contributed by atoms with Crippen LogP contribution in [-0.4, -0.2) is 4.98 Å². The molecule has 0 unspecified atom stereocenters. The largest absolute Gasteiger partial charge is 0.433 e. The zero-order valence-electron chi connectivity index (χ0n) is 13.4. The van der Waals surface area contributed by atoms with Gasteiger partial charge in [0.2, 0.25) is 0 Å². The molecule has 2 aromatic carbocycles. The van der Waals surface area contributed by atoms with Gasteiger partial charge in [0, 0.05) is 11.8 Å². The maximum absolute atomic E-state index is 13.9. The van der Waals surface area contributed by atoms with E-state index < -0.39 is 11.9 Å². The first-order chi connectivity index (χ1) is 11.9. The summed E-state index contributed by atoms with van der Waals surface area (Å²) in [6.07, 6.45) is -2.61. The number of aromatic nitrogens is 1. The molecule has 0 spiro atoms. The molecule has 0 aliphatic carbocycles. The van der Waals surface area contributed by atoms with E-state index in [1.807, 2.05) is 25.1 Å². The first kappa shape index (κ1) is 17.1. The molecule has 3 rings (SSSR count). The molecule has 0 bridgehead atoms. The van der Waals surface area contributed by atoms with Crippen LogP contribution in [0.1, 0.15) is 18.2 Å². The molecule has 0 N–H and O–H groups in total. The van der Waals surface area contributed by atoms with Crippen LogP contribution in [0.2, 0.25) is 0 Å². The van der Waals surface area contributed by atoms with Crippen molar-refractivity contribution in [3.63, 3.8) is 0 Å². The fraction of sp³-hybridized carbons (Fsp3) is 0.150. The Morgan fingerprint density at radius 3 is 1.84 bits per heavy atom. The molecule has 1 heterocycles. The van der Waals surface area contributed by atoms with Gasteiger partial charge in [-0.1, -0.05) is 49.4 Å². The highest BCUT2D eigenvalue weighted by Gasteiger charge is 2.32. The van der Waals surface area contributed by atoms with Gasteiger partial charge < -0.3 is 0 Å². The third kappa shape index (κ3) is 3.71. The Bertz CT molecular complexity index is 866. The lowest BCUT2D eigenvalue weighted by Gasteiger charge is -2.08. The second-order valence-electron chi connectivity index (χ2n) is 5.67. The first-order valence-electron chi connectivity index (χ1n) is 7.81. The Balaban J connectivity index is 1.86. The number of aryl methyl sites for hydroxylation is 1. The van der Waals surface area contributed by atoms with E-state index in [0.29, 0.717) is 17.5 Å². The van der Waals surface area contributed by atoms with Gasteiger partial charge in [-0.15, -0.1) is 0 Å². The molecule has 0 fully saturated rings. The third-order valence-corrected chi connectivity index (χ3v) is 4.04. The summed E-state index contributed by atoms with van der Waals surface area (Å²) in [4.78, 5) is 3.46. The molecule has 0 atom stereocenters. The van der Waals surface area contributed by atoms with Gasteiger partial charge in [0.25, 0.3) is 0 Å². The maximum Gasteiger partial charge on any atom is 0.433 e. The van der Waals surface area contributed by atoms with E-state index in [1.165, 1.54) is 18.3 Å². The number of hydrogen-bond acceptors (Lipinski definition) is 1. The van der Waals surface area contributed by atoms with Crippen molar-refractivity contribution in [2.45, 2.75) is 19.5 Å². The molecule has 5 heteroatoms. The monoisotopic (exact) mass is 345 g/mol. The average molecular weight is 345 g/mol. The summed E-state index contributed by atoms with van der Waals surface area (Å²) in [6.45, 7) is 1.89. The zero-order valence-corrected chi connectivity index (χ0v) is 13.4. The fourth-order valence-corrected chi connectivity index (χ4v) is 2.60. The molecule has 1 aromatic heterocycles. The standard InChI is InChI=1S/C20H15F4N/c1-2-13-3-8-16(11-18(13)21)14-4-6-15(7-5-14)17-9-10-19(25-12-17)20(22,23)24/h3-12H,2H2,1H3. The Hall–Kier alpha value is -2.69. The summed E-state index contributed by atoms with van der Waals surface area (Å²) in [6, 6.07) is 14.7. The number of rotatable bonds is 3. The van der Waals surface area contributed by atoms with Crippen molar-refractivity contribution in [1.29, 1.82) is 0 Å². The average Bonchev–Trinajstić information content (AvgIpc) is 2.61. The van der Waals surface area contributed by atoms with E-state index in [4.69, 9.17) is 0 Å². The topological polar surface area (TPSA) is 12.9 Å². The third-order valence-electron chi connectivity index (χ3n) is 4.04. The van der Waals surface area contributed by atoms with E-state index in [2.05, 4.69) is 4.98 Å². The Kier molecular flexibility index (Phi) is 4.57. The van der Waals surface area contributed by atoms with Crippen LogP contribution >= 0.6 is 0 Å². The normalized spacial score (nSPS) is 11.6. The van der Waals surface area contributed by atoms with Crippen LogP contribution in [0.3, 0.4) is 0 Å². The van der Waals surface area contributed by atoms with Gasteiger partial charge in [0.1, 0.15) is 11.5 Å². The SMILES string of the molecule is CCc1ccc(-c2ccc(-c3ccc(C(F)(F)F)nc3)cc2)cc1F. The van der Waals surface area contributed by atoms with Gasteiger partial charge in [0.15, 0.2) is 0 Å². The lowest BCUT2D eigenvalue weighted by Crippen LogP contribution is -2.07. The predicted molar refractivity (Wildman–Crippen MR) is 89.4 cm³/mol. The number of pyridine rings is 1. The molecule has 1 nitrogen and oxygen atoms in total. The smallest absolute Gasteiger partial charge is 0.251 e. The van der Waals surface area contributed by atoms with Gasteiger partial charge in [-0.05, 0) is 40.8 Å². The summed E-state index contributed by atoms with van der Waals surface area (Å²) in [5, 5.41) is 0. The lowest BCUT2D eigenvalue weighted by molar-refractivity contribution is -0.141. The molecule has 3 aromatic rings. The van der Waals surface area contributed by atoms with Crippen LogP contribution in [0, 0.1) is 5.82 Å². The van der Waals surface area contributed by atoms with E-state index >= 15 is 0 Å². The summed E-state index contributed by atoms with van der Waals surface area (Å²) >= 11 is 0. The van der Waals surface area contributed by atoms with Crippen LogP contribution in [0.5, 0.6) is 0 Å². The fourth-order valence-electron chi connectivity index (χ4n) is 2.60. The van der Waals surface area contributed by atoms with Gasteiger partial charge in [-0.25, -0.2) is 4.39 Å². The number of hydrogen-bond donors (Lipinski definition) is 0. The van der Waals surface area contributed by atoms with Gasteiger partial charge in [-0.3, -0.25) is 4.98 Å². The minimum absolute atomic E-state index is 0.240. The summed E-state index contributed by atoms with van der Waals surface area (Å²) in [5.74, 6) is -0.240. The van der Waals surface area contributed by atoms with Crippen molar-refractivity contribution in [3.05, 3.63) is 77.9 Å². The zero-order chi connectivity index (χ0) is 18.0. The van der Waals surface area contributed by atoms with E-state index in [1.54, 1.807) is 18.2 Å². The van der Waals surface area contributed by atoms with Gasteiger partial charge >= 0.3 is 6.18 Å². The molecule has 0 aliphatic heterocycles. The van der Waals surface area contributed by atoms with Crippen LogP contribution < -0.4 is 0 Å². The maximum atomic E-state index is 13.9. The summed E-state index contributed by atoms with van der Waals surface area (Å²) in [7, 11) is 0. The Labute approximate surface area is 143 Å². The van der Waals surface area contributed by atoms with Crippen LogP contribution in [0.25, 0.3) is 22.3 Å². The highest BCUT2D eigenvalue weighted by atomic mass is 19.4. The molecular formula is C20H15F4N. The van der Waals surface area contributed by atoms with Crippen molar-refractivity contribution in [2.24, 2.45) is 0 Å². The second-order valence-corrected chi connectivity index (χ2v) is 5.67. The first-order valence-corrected chi connectivity index (χ1v) is 7.81. The Morgan fingerprint density at radius 1 is 0.800 bits per heavy atom. The van der Waals surface area contributed by atoms with Crippen molar-refractivity contribution in [3.8, 4) is 22.3 Å². The lowest BCUT2D eigenvalue weighted by atomic mass is 9.99. The number of halogens is 4. The molecular weight excluding hydrogens is 330 g/mol. The quantitative estimate of drug-likeness (QED) is 0.520. The summed E-state index contributed by atoms with van der Waals surface area (Å²) in [5.41, 5.74) is 2.68.